The maximum atomic E-state index is 13.5. The van der Waals surface area contributed by atoms with Gasteiger partial charge in [0.05, 0.1) is 6.61 Å². The summed E-state index contributed by atoms with van der Waals surface area (Å²) in [5.41, 5.74) is 1.88. The molecule has 1 heterocycles. The number of benzene rings is 2. The first-order valence-electron chi connectivity index (χ1n) is 8.00. The average Bonchev–Trinajstić information content (AvgIpc) is 2.62. The van der Waals surface area contributed by atoms with Gasteiger partial charge in [0, 0.05) is 18.5 Å². The molecule has 0 aromatic heterocycles. The van der Waals surface area contributed by atoms with Crippen LogP contribution >= 0.6 is 0 Å². The highest BCUT2D eigenvalue weighted by atomic mass is 19.2. The number of carbonyl (C=O) groups is 2. The highest BCUT2D eigenvalue weighted by Crippen LogP contribution is 2.26. The van der Waals surface area contributed by atoms with Crippen LogP contribution in [0.15, 0.2) is 42.5 Å². The second kappa shape index (κ2) is 7.01. The summed E-state index contributed by atoms with van der Waals surface area (Å²) in [7, 11) is 0. The van der Waals surface area contributed by atoms with Gasteiger partial charge >= 0.3 is 5.97 Å². The molecular formula is C19H17F2NO3. The molecule has 2 aromatic carbocycles. The van der Waals surface area contributed by atoms with Gasteiger partial charge in [0.25, 0.3) is 5.91 Å². The smallest absolute Gasteiger partial charge is 0.329 e. The van der Waals surface area contributed by atoms with Crippen LogP contribution in [0.4, 0.5) is 8.78 Å². The zero-order chi connectivity index (χ0) is 18.0. The van der Waals surface area contributed by atoms with Crippen LogP contribution in [0.5, 0.6) is 0 Å². The van der Waals surface area contributed by atoms with Gasteiger partial charge in [-0.3, -0.25) is 4.79 Å². The second-order valence-corrected chi connectivity index (χ2v) is 5.80. The lowest BCUT2D eigenvalue weighted by molar-refractivity contribution is -0.149. The molecule has 0 N–H and O–H groups in total. The molecule has 1 amide bonds. The van der Waals surface area contributed by atoms with Crippen LogP contribution in [-0.4, -0.2) is 29.4 Å². The van der Waals surface area contributed by atoms with Crippen LogP contribution in [0, 0.1) is 11.6 Å². The van der Waals surface area contributed by atoms with Crippen molar-refractivity contribution in [2.24, 2.45) is 0 Å². The Morgan fingerprint density at radius 3 is 2.52 bits per heavy atom. The fraction of sp³-hybridized carbons (Fsp3) is 0.263. The van der Waals surface area contributed by atoms with E-state index in [4.69, 9.17) is 4.74 Å². The highest BCUT2D eigenvalue weighted by Gasteiger charge is 2.36. The van der Waals surface area contributed by atoms with Gasteiger partial charge in [-0.05, 0) is 36.2 Å². The van der Waals surface area contributed by atoms with Crippen molar-refractivity contribution in [2.75, 3.05) is 6.61 Å². The van der Waals surface area contributed by atoms with Crippen LogP contribution in [0.25, 0.3) is 0 Å². The van der Waals surface area contributed by atoms with Gasteiger partial charge in [0.1, 0.15) is 6.04 Å². The van der Waals surface area contributed by atoms with Gasteiger partial charge in [-0.25, -0.2) is 13.6 Å². The highest BCUT2D eigenvalue weighted by molar-refractivity contribution is 5.97. The number of halogens is 2. The zero-order valence-corrected chi connectivity index (χ0v) is 13.7. The summed E-state index contributed by atoms with van der Waals surface area (Å²) in [5.74, 6) is -3.17. The molecule has 0 bridgehead atoms. The molecule has 3 rings (SSSR count). The molecule has 2 aromatic rings. The second-order valence-electron chi connectivity index (χ2n) is 5.80. The Bertz CT molecular complexity index is 822. The molecule has 4 nitrogen and oxygen atoms in total. The third kappa shape index (κ3) is 3.38. The van der Waals surface area contributed by atoms with Crippen molar-refractivity contribution in [3.8, 4) is 0 Å². The van der Waals surface area contributed by atoms with E-state index in [0.717, 1.165) is 23.3 Å². The van der Waals surface area contributed by atoms with E-state index in [9.17, 15) is 18.4 Å². The first kappa shape index (κ1) is 17.1. The summed E-state index contributed by atoms with van der Waals surface area (Å²) >= 11 is 0. The number of esters is 1. The molecule has 25 heavy (non-hydrogen) atoms. The first-order valence-corrected chi connectivity index (χ1v) is 8.00. The number of hydrogen-bond acceptors (Lipinski definition) is 3. The summed E-state index contributed by atoms with van der Waals surface area (Å²) in [6.07, 6.45) is 0.324. The molecule has 1 atom stereocenters. The summed E-state index contributed by atoms with van der Waals surface area (Å²) < 4.78 is 31.7. The van der Waals surface area contributed by atoms with E-state index in [1.54, 1.807) is 6.92 Å². The fourth-order valence-corrected chi connectivity index (χ4v) is 2.98. The van der Waals surface area contributed by atoms with Crippen molar-refractivity contribution in [3.05, 3.63) is 70.8 Å². The van der Waals surface area contributed by atoms with Crippen molar-refractivity contribution in [1.82, 2.24) is 4.90 Å². The van der Waals surface area contributed by atoms with Crippen molar-refractivity contribution in [3.63, 3.8) is 0 Å². The number of hydrogen-bond donors (Lipinski definition) is 0. The van der Waals surface area contributed by atoms with Gasteiger partial charge in [0.2, 0.25) is 0 Å². The molecule has 0 aliphatic carbocycles. The normalized spacial score (nSPS) is 16.3. The van der Waals surface area contributed by atoms with Crippen molar-refractivity contribution >= 4 is 11.9 Å². The van der Waals surface area contributed by atoms with Crippen LogP contribution in [0.1, 0.15) is 28.4 Å². The SMILES string of the molecule is CCOC(=O)C1Cc2ccccc2CN1C(=O)c1ccc(F)c(F)c1. The minimum Gasteiger partial charge on any atom is -0.464 e. The van der Waals surface area contributed by atoms with Crippen molar-refractivity contribution < 1.29 is 23.1 Å². The van der Waals surface area contributed by atoms with E-state index in [-0.39, 0.29) is 18.7 Å². The quantitative estimate of drug-likeness (QED) is 0.803. The largest absolute Gasteiger partial charge is 0.464 e. The summed E-state index contributed by atoms with van der Waals surface area (Å²) in [6, 6.07) is 9.67. The molecule has 6 heteroatoms. The van der Waals surface area contributed by atoms with Crippen molar-refractivity contribution in [2.45, 2.75) is 25.9 Å². The van der Waals surface area contributed by atoms with E-state index < -0.39 is 29.6 Å². The fourth-order valence-electron chi connectivity index (χ4n) is 2.98. The van der Waals surface area contributed by atoms with Gasteiger partial charge < -0.3 is 9.64 Å². The Kier molecular flexibility index (Phi) is 4.79. The monoisotopic (exact) mass is 345 g/mol. The van der Waals surface area contributed by atoms with Gasteiger partial charge in [0.15, 0.2) is 11.6 Å². The lowest BCUT2D eigenvalue weighted by Gasteiger charge is -2.35. The zero-order valence-electron chi connectivity index (χ0n) is 13.7. The predicted molar refractivity (Wildman–Crippen MR) is 86.8 cm³/mol. The molecule has 0 fully saturated rings. The van der Waals surface area contributed by atoms with E-state index in [2.05, 4.69) is 0 Å². The Morgan fingerprint density at radius 2 is 1.84 bits per heavy atom. The Morgan fingerprint density at radius 1 is 1.12 bits per heavy atom. The maximum Gasteiger partial charge on any atom is 0.329 e. The molecule has 1 aliphatic rings. The number of amides is 1. The Balaban J connectivity index is 1.96. The lowest BCUT2D eigenvalue weighted by Crippen LogP contribution is -2.49. The van der Waals surface area contributed by atoms with Crippen LogP contribution in [0.3, 0.4) is 0 Å². The topological polar surface area (TPSA) is 46.6 Å². The van der Waals surface area contributed by atoms with Crippen molar-refractivity contribution in [1.29, 1.82) is 0 Å². The number of rotatable bonds is 3. The minimum atomic E-state index is -1.10. The molecule has 0 radical (unpaired) electrons. The average molecular weight is 345 g/mol. The Labute approximate surface area is 144 Å². The standard InChI is InChI=1S/C19H17F2NO3/c1-2-25-19(24)17-10-12-5-3-4-6-14(12)11-22(17)18(23)13-7-8-15(20)16(21)9-13/h3-9,17H,2,10-11H2,1H3. The van der Waals surface area contributed by atoms with Crippen LogP contribution < -0.4 is 0 Å². The number of nitrogens with zero attached hydrogens (tertiary/aromatic N) is 1. The van der Waals surface area contributed by atoms with E-state index in [0.29, 0.717) is 6.42 Å². The Hall–Kier alpha value is -2.76. The number of carbonyl (C=O) groups excluding carboxylic acids is 2. The first-order chi connectivity index (χ1) is 12.0. The van der Waals surface area contributed by atoms with E-state index in [1.807, 2.05) is 24.3 Å². The molecule has 0 saturated carbocycles. The molecule has 0 spiro atoms. The lowest BCUT2D eigenvalue weighted by atomic mass is 9.93. The molecular weight excluding hydrogens is 328 g/mol. The summed E-state index contributed by atoms with van der Waals surface area (Å²) in [4.78, 5) is 26.5. The molecule has 1 unspecified atom stereocenters. The van der Waals surface area contributed by atoms with Gasteiger partial charge in [-0.2, -0.15) is 0 Å². The van der Waals surface area contributed by atoms with E-state index >= 15 is 0 Å². The van der Waals surface area contributed by atoms with E-state index in [1.165, 1.54) is 11.0 Å². The summed E-state index contributed by atoms with van der Waals surface area (Å²) in [5, 5.41) is 0. The summed E-state index contributed by atoms with van der Waals surface area (Å²) in [6.45, 7) is 2.10. The number of ether oxygens (including phenoxy) is 1. The van der Waals surface area contributed by atoms with Crippen LogP contribution in [0.2, 0.25) is 0 Å². The third-order valence-electron chi connectivity index (χ3n) is 4.23. The van der Waals surface area contributed by atoms with Crippen LogP contribution in [-0.2, 0) is 22.5 Å². The molecule has 130 valence electrons. The number of fused-ring (bicyclic) bond motifs is 1. The molecule has 1 aliphatic heterocycles. The third-order valence-corrected chi connectivity index (χ3v) is 4.23. The maximum absolute atomic E-state index is 13.5. The predicted octanol–water partition coefficient (Wildman–Crippen LogP) is 3.10. The van der Waals surface area contributed by atoms with Gasteiger partial charge in [-0.15, -0.1) is 0 Å². The molecule has 0 saturated heterocycles. The minimum absolute atomic E-state index is 0.00687. The van der Waals surface area contributed by atoms with Gasteiger partial charge in [-0.1, -0.05) is 24.3 Å².